The molecule has 5 heteroatoms. The van der Waals surface area contributed by atoms with E-state index >= 15 is 0 Å². The van der Waals surface area contributed by atoms with Crippen LogP contribution in [-0.4, -0.2) is 10.5 Å². The van der Waals surface area contributed by atoms with E-state index in [-0.39, 0.29) is 12.5 Å². The van der Waals surface area contributed by atoms with Crippen molar-refractivity contribution in [2.45, 2.75) is 13.5 Å². The number of rotatable bonds is 3. The number of nitrogens with one attached hydrogen (secondary N) is 1. The van der Waals surface area contributed by atoms with Gasteiger partial charge in [0, 0.05) is 16.7 Å². The van der Waals surface area contributed by atoms with Gasteiger partial charge in [0.1, 0.15) is 6.54 Å². The molecule has 1 aromatic heterocycles. The summed E-state index contributed by atoms with van der Waals surface area (Å²) in [7, 11) is 0. The van der Waals surface area contributed by atoms with Crippen molar-refractivity contribution in [3.63, 3.8) is 0 Å². The fourth-order valence-electron chi connectivity index (χ4n) is 2.39. The minimum Gasteiger partial charge on any atom is -0.338 e. The van der Waals surface area contributed by atoms with Gasteiger partial charge in [-0.15, -0.1) is 0 Å². The summed E-state index contributed by atoms with van der Waals surface area (Å²) >= 11 is 11.9. The zero-order valence-electron chi connectivity index (χ0n) is 11.9. The number of carbonyl (C=O) groups is 1. The van der Waals surface area contributed by atoms with Crippen molar-refractivity contribution < 1.29 is 4.79 Å². The van der Waals surface area contributed by atoms with Gasteiger partial charge in [0.25, 0.3) is 0 Å². The van der Waals surface area contributed by atoms with E-state index in [1.165, 1.54) is 5.56 Å². The third kappa shape index (κ3) is 3.11. The molecule has 0 saturated carbocycles. The van der Waals surface area contributed by atoms with Crippen LogP contribution in [-0.2, 0) is 11.3 Å². The second-order valence-corrected chi connectivity index (χ2v) is 6.02. The second kappa shape index (κ2) is 6.03. The van der Waals surface area contributed by atoms with Gasteiger partial charge in [0.15, 0.2) is 0 Å². The molecule has 3 aromatic rings. The molecule has 22 heavy (non-hydrogen) atoms. The quantitative estimate of drug-likeness (QED) is 0.727. The average Bonchev–Trinajstić information content (AvgIpc) is 2.84. The van der Waals surface area contributed by atoms with Gasteiger partial charge in [0.05, 0.1) is 10.7 Å². The molecular weight excluding hydrogens is 319 g/mol. The van der Waals surface area contributed by atoms with Crippen LogP contribution in [0.4, 0.5) is 5.69 Å². The number of anilines is 1. The van der Waals surface area contributed by atoms with E-state index in [1.807, 2.05) is 35.9 Å². The minimum atomic E-state index is -0.137. The predicted molar refractivity (Wildman–Crippen MR) is 91.8 cm³/mol. The molecule has 112 valence electrons. The number of aryl methyl sites for hydroxylation is 1. The number of benzene rings is 2. The first-order valence-electron chi connectivity index (χ1n) is 6.83. The first kappa shape index (κ1) is 14.9. The van der Waals surface area contributed by atoms with E-state index in [0.29, 0.717) is 15.7 Å². The Morgan fingerprint density at radius 1 is 1.14 bits per heavy atom. The normalized spacial score (nSPS) is 10.9. The zero-order valence-corrected chi connectivity index (χ0v) is 13.4. The van der Waals surface area contributed by atoms with Gasteiger partial charge in [-0.3, -0.25) is 4.79 Å². The molecule has 0 spiro atoms. The maximum atomic E-state index is 12.2. The van der Waals surface area contributed by atoms with Crippen LogP contribution in [0.2, 0.25) is 10.0 Å². The summed E-state index contributed by atoms with van der Waals surface area (Å²) in [6.45, 7) is 2.28. The summed E-state index contributed by atoms with van der Waals surface area (Å²) in [6, 6.07) is 13.1. The van der Waals surface area contributed by atoms with Crippen LogP contribution < -0.4 is 5.32 Å². The summed E-state index contributed by atoms with van der Waals surface area (Å²) in [5, 5.41) is 4.89. The molecule has 0 aliphatic rings. The number of hydrogen-bond acceptors (Lipinski definition) is 1. The maximum absolute atomic E-state index is 12.2. The highest BCUT2D eigenvalue weighted by Crippen LogP contribution is 2.25. The largest absolute Gasteiger partial charge is 0.338 e. The van der Waals surface area contributed by atoms with Crippen molar-refractivity contribution in [3.05, 3.63) is 64.3 Å². The number of amides is 1. The van der Waals surface area contributed by atoms with Gasteiger partial charge >= 0.3 is 0 Å². The van der Waals surface area contributed by atoms with Crippen molar-refractivity contribution >= 4 is 45.7 Å². The highest BCUT2D eigenvalue weighted by molar-refractivity contribution is 6.36. The van der Waals surface area contributed by atoms with Gasteiger partial charge < -0.3 is 9.88 Å². The third-order valence-electron chi connectivity index (χ3n) is 3.45. The highest BCUT2D eigenvalue weighted by atomic mass is 35.5. The molecule has 0 fully saturated rings. The Morgan fingerprint density at radius 2 is 1.95 bits per heavy atom. The number of hydrogen-bond donors (Lipinski definition) is 1. The topological polar surface area (TPSA) is 34.0 Å². The molecule has 0 bridgehead atoms. The van der Waals surface area contributed by atoms with E-state index in [2.05, 4.69) is 11.4 Å². The molecule has 1 N–H and O–H groups in total. The smallest absolute Gasteiger partial charge is 0.244 e. The first-order valence-corrected chi connectivity index (χ1v) is 7.59. The van der Waals surface area contributed by atoms with Crippen molar-refractivity contribution in [1.82, 2.24) is 4.57 Å². The monoisotopic (exact) mass is 332 g/mol. The van der Waals surface area contributed by atoms with Crippen LogP contribution in [0.25, 0.3) is 10.9 Å². The molecule has 2 aromatic carbocycles. The lowest BCUT2D eigenvalue weighted by Crippen LogP contribution is -2.18. The Bertz CT molecular complexity index is 855. The summed E-state index contributed by atoms with van der Waals surface area (Å²) in [5.41, 5.74) is 2.79. The first-order chi connectivity index (χ1) is 10.5. The molecule has 0 saturated heterocycles. The lowest BCUT2D eigenvalue weighted by Gasteiger charge is -2.09. The number of halogens is 2. The Balaban J connectivity index is 1.78. The second-order valence-electron chi connectivity index (χ2n) is 5.18. The molecular formula is C17H14Cl2N2O. The van der Waals surface area contributed by atoms with Crippen LogP contribution in [0.1, 0.15) is 5.56 Å². The van der Waals surface area contributed by atoms with Crippen molar-refractivity contribution in [1.29, 1.82) is 0 Å². The van der Waals surface area contributed by atoms with E-state index in [0.717, 1.165) is 10.9 Å². The third-order valence-corrected chi connectivity index (χ3v) is 3.99. The summed E-state index contributed by atoms with van der Waals surface area (Å²) in [5.74, 6) is -0.137. The summed E-state index contributed by atoms with van der Waals surface area (Å²) in [6.07, 6.45) is 1.91. The molecule has 1 heterocycles. The SMILES string of the molecule is Cc1ccc2c(ccn2CC(=O)Nc2ccc(Cl)cc2Cl)c1. The van der Waals surface area contributed by atoms with Crippen molar-refractivity contribution in [3.8, 4) is 0 Å². The molecule has 1 amide bonds. The molecule has 3 nitrogen and oxygen atoms in total. The maximum Gasteiger partial charge on any atom is 0.244 e. The lowest BCUT2D eigenvalue weighted by molar-refractivity contribution is -0.116. The van der Waals surface area contributed by atoms with Gasteiger partial charge in [0.2, 0.25) is 5.91 Å². The number of fused-ring (bicyclic) bond motifs is 1. The number of carbonyl (C=O) groups excluding carboxylic acids is 1. The molecule has 0 unspecified atom stereocenters. The molecule has 0 radical (unpaired) electrons. The molecule has 0 atom stereocenters. The van der Waals surface area contributed by atoms with Crippen LogP contribution >= 0.6 is 23.2 Å². The minimum absolute atomic E-state index is 0.137. The average molecular weight is 333 g/mol. The van der Waals surface area contributed by atoms with E-state index in [9.17, 15) is 4.79 Å². The summed E-state index contributed by atoms with van der Waals surface area (Å²) in [4.78, 5) is 12.2. The standard InChI is InChI=1S/C17H14Cl2N2O/c1-11-2-5-16-12(8-11)6-7-21(16)10-17(22)20-15-4-3-13(18)9-14(15)19/h2-9H,10H2,1H3,(H,20,22). The number of nitrogens with zero attached hydrogens (tertiary/aromatic N) is 1. The fraction of sp³-hybridized carbons (Fsp3) is 0.118. The Morgan fingerprint density at radius 3 is 2.73 bits per heavy atom. The molecule has 0 aliphatic heterocycles. The van der Waals surface area contributed by atoms with Crippen molar-refractivity contribution in [2.75, 3.05) is 5.32 Å². The van der Waals surface area contributed by atoms with Crippen molar-refractivity contribution in [2.24, 2.45) is 0 Å². The predicted octanol–water partition coefficient (Wildman–Crippen LogP) is 4.90. The van der Waals surface area contributed by atoms with Crippen LogP contribution in [0.5, 0.6) is 0 Å². The fourth-order valence-corrected chi connectivity index (χ4v) is 2.85. The molecule has 0 aliphatic carbocycles. The van der Waals surface area contributed by atoms with Gasteiger partial charge in [-0.25, -0.2) is 0 Å². The van der Waals surface area contributed by atoms with Gasteiger partial charge in [-0.1, -0.05) is 34.8 Å². The highest BCUT2D eigenvalue weighted by Gasteiger charge is 2.09. The van der Waals surface area contributed by atoms with Crippen LogP contribution in [0.15, 0.2) is 48.7 Å². The molecule has 3 rings (SSSR count). The van der Waals surface area contributed by atoms with Crippen LogP contribution in [0.3, 0.4) is 0 Å². The lowest BCUT2D eigenvalue weighted by atomic mass is 10.2. The van der Waals surface area contributed by atoms with E-state index in [1.54, 1.807) is 18.2 Å². The van der Waals surface area contributed by atoms with E-state index < -0.39 is 0 Å². The summed E-state index contributed by atoms with van der Waals surface area (Å²) < 4.78 is 1.91. The van der Waals surface area contributed by atoms with Gasteiger partial charge in [-0.2, -0.15) is 0 Å². The Hall–Kier alpha value is -1.97. The zero-order chi connectivity index (χ0) is 15.7. The Labute approximate surface area is 138 Å². The number of aromatic nitrogens is 1. The Kier molecular flexibility index (Phi) is 4.10. The van der Waals surface area contributed by atoms with Gasteiger partial charge in [-0.05, 0) is 48.7 Å². The van der Waals surface area contributed by atoms with E-state index in [4.69, 9.17) is 23.2 Å². The van der Waals surface area contributed by atoms with Crippen LogP contribution in [0, 0.1) is 6.92 Å².